The highest BCUT2D eigenvalue weighted by Gasteiger charge is 2.19. The molecule has 116 valence electrons. The second-order valence-corrected chi connectivity index (χ2v) is 4.94. The Bertz CT molecular complexity index is 601. The Hall–Kier alpha value is -2.27. The molecule has 2 aromatic rings. The molecule has 0 aliphatic carbocycles. The maximum Gasteiger partial charge on any atom is 0.221 e. The molecule has 0 saturated heterocycles. The Kier molecular flexibility index (Phi) is 5.61. The number of hydrogen-bond acceptors (Lipinski definition) is 2. The molecule has 0 unspecified atom stereocenters. The molecular formula is C17H17F2NO2. The van der Waals surface area contributed by atoms with Crippen LogP contribution >= 0.6 is 0 Å². The highest BCUT2D eigenvalue weighted by Crippen LogP contribution is 2.28. The fourth-order valence-electron chi connectivity index (χ4n) is 2.33. The minimum absolute atomic E-state index is 0.0485. The molecule has 0 aliphatic rings. The van der Waals surface area contributed by atoms with E-state index < -0.39 is 17.6 Å². The number of aliphatic hydroxyl groups is 1. The number of halogens is 2. The van der Waals surface area contributed by atoms with Crippen molar-refractivity contribution in [2.75, 3.05) is 13.2 Å². The molecule has 0 radical (unpaired) electrons. The Labute approximate surface area is 127 Å². The van der Waals surface area contributed by atoms with Gasteiger partial charge in [0.2, 0.25) is 5.91 Å². The van der Waals surface area contributed by atoms with Gasteiger partial charge in [0.25, 0.3) is 0 Å². The van der Waals surface area contributed by atoms with E-state index in [1.807, 2.05) is 0 Å². The topological polar surface area (TPSA) is 49.3 Å². The number of nitrogens with one attached hydrogen (secondary N) is 1. The largest absolute Gasteiger partial charge is 0.395 e. The lowest BCUT2D eigenvalue weighted by molar-refractivity contribution is -0.121. The SMILES string of the molecule is O=C(CC(c1cccc(F)c1)c1cccc(F)c1)NCCO. The Morgan fingerprint density at radius 3 is 2.05 bits per heavy atom. The molecule has 0 fully saturated rings. The van der Waals surface area contributed by atoms with Gasteiger partial charge in [-0.1, -0.05) is 24.3 Å². The van der Waals surface area contributed by atoms with Crippen molar-refractivity contribution in [3.63, 3.8) is 0 Å². The van der Waals surface area contributed by atoms with Crippen LogP contribution in [0, 0.1) is 11.6 Å². The zero-order valence-electron chi connectivity index (χ0n) is 11.9. The fraction of sp³-hybridized carbons (Fsp3) is 0.235. The third-order valence-electron chi connectivity index (χ3n) is 3.33. The van der Waals surface area contributed by atoms with Crippen LogP contribution in [0.2, 0.25) is 0 Å². The summed E-state index contributed by atoms with van der Waals surface area (Å²) in [6.07, 6.45) is 0.0485. The molecule has 22 heavy (non-hydrogen) atoms. The van der Waals surface area contributed by atoms with Gasteiger partial charge in [-0.3, -0.25) is 4.79 Å². The van der Waals surface area contributed by atoms with Crippen molar-refractivity contribution in [2.45, 2.75) is 12.3 Å². The first kappa shape index (κ1) is 16.1. The van der Waals surface area contributed by atoms with E-state index in [9.17, 15) is 13.6 Å². The number of hydrogen-bond donors (Lipinski definition) is 2. The maximum absolute atomic E-state index is 13.5. The van der Waals surface area contributed by atoms with Crippen molar-refractivity contribution in [1.82, 2.24) is 5.32 Å². The summed E-state index contributed by atoms with van der Waals surface area (Å²) in [6, 6.07) is 11.8. The second kappa shape index (κ2) is 7.66. The van der Waals surface area contributed by atoms with Crippen molar-refractivity contribution < 1.29 is 18.7 Å². The van der Waals surface area contributed by atoms with E-state index in [-0.39, 0.29) is 25.5 Å². The number of amides is 1. The van der Waals surface area contributed by atoms with Gasteiger partial charge in [0.15, 0.2) is 0 Å². The van der Waals surface area contributed by atoms with Gasteiger partial charge in [0.05, 0.1) is 6.61 Å². The lowest BCUT2D eigenvalue weighted by Crippen LogP contribution is -2.28. The first-order chi connectivity index (χ1) is 10.6. The number of benzene rings is 2. The van der Waals surface area contributed by atoms with E-state index in [2.05, 4.69) is 5.32 Å². The number of carbonyl (C=O) groups is 1. The first-order valence-electron chi connectivity index (χ1n) is 6.98. The molecule has 1 amide bonds. The van der Waals surface area contributed by atoms with E-state index >= 15 is 0 Å². The number of aliphatic hydroxyl groups excluding tert-OH is 1. The molecule has 0 saturated carbocycles. The third-order valence-corrected chi connectivity index (χ3v) is 3.33. The molecule has 3 nitrogen and oxygen atoms in total. The molecule has 2 N–H and O–H groups in total. The van der Waals surface area contributed by atoms with Gasteiger partial charge in [0, 0.05) is 18.9 Å². The molecule has 5 heteroatoms. The smallest absolute Gasteiger partial charge is 0.221 e. The summed E-state index contributed by atoms with van der Waals surface area (Å²) in [4.78, 5) is 11.9. The van der Waals surface area contributed by atoms with Crippen LogP contribution in [0.5, 0.6) is 0 Å². The Balaban J connectivity index is 2.30. The highest BCUT2D eigenvalue weighted by molar-refractivity contribution is 5.77. The summed E-state index contributed by atoms with van der Waals surface area (Å²) < 4.78 is 26.9. The van der Waals surface area contributed by atoms with Crippen molar-refractivity contribution in [2.24, 2.45) is 0 Å². The van der Waals surface area contributed by atoms with Crippen LogP contribution < -0.4 is 5.32 Å². The van der Waals surface area contributed by atoms with E-state index in [0.29, 0.717) is 11.1 Å². The van der Waals surface area contributed by atoms with Crippen molar-refractivity contribution in [1.29, 1.82) is 0 Å². The Morgan fingerprint density at radius 1 is 1.05 bits per heavy atom. The average molecular weight is 305 g/mol. The number of rotatable bonds is 6. The van der Waals surface area contributed by atoms with E-state index in [4.69, 9.17) is 5.11 Å². The van der Waals surface area contributed by atoms with Crippen LogP contribution in [-0.4, -0.2) is 24.2 Å². The third kappa shape index (κ3) is 4.36. The lowest BCUT2D eigenvalue weighted by atomic mass is 9.88. The fourth-order valence-corrected chi connectivity index (χ4v) is 2.33. The molecule has 0 spiro atoms. The standard InChI is InChI=1S/C17H17F2NO2/c18-14-5-1-3-12(9-14)16(11-17(22)20-7-8-21)13-4-2-6-15(19)10-13/h1-6,9-10,16,21H,7-8,11H2,(H,20,22). The normalized spacial score (nSPS) is 10.7. The van der Waals surface area contributed by atoms with Gasteiger partial charge in [-0.25, -0.2) is 8.78 Å². The maximum atomic E-state index is 13.5. The lowest BCUT2D eigenvalue weighted by Gasteiger charge is -2.18. The van der Waals surface area contributed by atoms with Gasteiger partial charge in [-0.15, -0.1) is 0 Å². The highest BCUT2D eigenvalue weighted by atomic mass is 19.1. The summed E-state index contributed by atoms with van der Waals surface area (Å²) in [5.74, 6) is -1.55. The first-order valence-corrected chi connectivity index (χ1v) is 6.98. The minimum Gasteiger partial charge on any atom is -0.395 e. The zero-order chi connectivity index (χ0) is 15.9. The van der Waals surface area contributed by atoms with Gasteiger partial charge in [0.1, 0.15) is 11.6 Å². The van der Waals surface area contributed by atoms with Gasteiger partial charge >= 0.3 is 0 Å². The van der Waals surface area contributed by atoms with Crippen molar-refractivity contribution in [3.8, 4) is 0 Å². The van der Waals surface area contributed by atoms with Crippen LogP contribution in [0.15, 0.2) is 48.5 Å². The predicted molar refractivity (Wildman–Crippen MR) is 79.4 cm³/mol. The minimum atomic E-state index is -0.454. The Morgan fingerprint density at radius 2 is 1.59 bits per heavy atom. The van der Waals surface area contributed by atoms with Gasteiger partial charge in [-0.2, -0.15) is 0 Å². The summed E-state index contributed by atoms with van der Waals surface area (Å²) in [5.41, 5.74) is 1.20. The van der Waals surface area contributed by atoms with Crippen LogP contribution in [0.1, 0.15) is 23.5 Å². The number of carbonyl (C=O) groups excluding carboxylic acids is 1. The molecular weight excluding hydrogens is 288 g/mol. The molecule has 0 aliphatic heterocycles. The molecule has 0 aromatic heterocycles. The summed E-state index contributed by atoms with van der Waals surface area (Å²) in [6.45, 7) is -0.00576. The van der Waals surface area contributed by atoms with Gasteiger partial charge < -0.3 is 10.4 Å². The quantitative estimate of drug-likeness (QED) is 0.862. The van der Waals surface area contributed by atoms with E-state index in [0.717, 1.165) is 0 Å². The monoisotopic (exact) mass is 305 g/mol. The van der Waals surface area contributed by atoms with E-state index in [1.54, 1.807) is 24.3 Å². The molecule has 2 aromatic carbocycles. The van der Waals surface area contributed by atoms with Crippen LogP contribution in [0.3, 0.4) is 0 Å². The molecule has 0 heterocycles. The predicted octanol–water partition coefficient (Wildman–Crippen LogP) is 2.60. The van der Waals surface area contributed by atoms with Crippen LogP contribution in [0.4, 0.5) is 8.78 Å². The summed E-state index contributed by atoms with van der Waals surface area (Å²) in [5, 5.41) is 11.3. The van der Waals surface area contributed by atoms with Crippen LogP contribution in [0.25, 0.3) is 0 Å². The van der Waals surface area contributed by atoms with Crippen molar-refractivity contribution >= 4 is 5.91 Å². The average Bonchev–Trinajstić information content (AvgIpc) is 2.50. The molecule has 0 atom stereocenters. The van der Waals surface area contributed by atoms with E-state index in [1.165, 1.54) is 24.3 Å². The second-order valence-electron chi connectivity index (χ2n) is 4.94. The van der Waals surface area contributed by atoms with Crippen LogP contribution in [-0.2, 0) is 4.79 Å². The zero-order valence-corrected chi connectivity index (χ0v) is 11.9. The summed E-state index contributed by atoms with van der Waals surface area (Å²) >= 11 is 0. The van der Waals surface area contributed by atoms with Crippen molar-refractivity contribution in [3.05, 3.63) is 71.3 Å². The van der Waals surface area contributed by atoms with Gasteiger partial charge in [-0.05, 0) is 35.4 Å². The molecule has 0 bridgehead atoms. The molecule has 2 rings (SSSR count). The summed E-state index contributed by atoms with van der Waals surface area (Å²) in [7, 11) is 0.